The van der Waals surface area contributed by atoms with E-state index < -0.39 is 29.1 Å². The largest absolute Gasteiger partial charge is 0.466 e. The highest BCUT2D eigenvalue weighted by atomic mass is 16.6. The van der Waals surface area contributed by atoms with Crippen LogP contribution in [0.2, 0.25) is 0 Å². The lowest BCUT2D eigenvalue weighted by atomic mass is 9.79. The van der Waals surface area contributed by atoms with Crippen LogP contribution in [0.3, 0.4) is 0 Å². The molecule has 1 heterocycles. The molecule has 154 valence electrons. The van der Waals surface area contributed by atoms with Crippen molar-refractivity contribution in [3.8, 4) is 0 Å². The molecule has 0 unspecified atom stereocenters. The van der Waals surface area contributed by atoms with E-state index in [9.17, 15) is 14.4 Å². The van der Waals surface area contributed by atoms with Gasteiger partial charge in [-0.05, 0) is 45.4 Å². The van der Waals surface area contributed by atoms with Gasteiger partial charge in [0.05, 0.1) is 19.3 Å². The van der Waals surface area contributed by atoms with Crippen molar-refractivity contribution in [2.24, 2.45) is 0 Å². The van der Waals surface area contributed by atoms with E-state index in [2.05, 4.69) is 5.32 Å². The van der Waals surface area contributed by atoms with Crippen molar-refractivity contribution >= 4 is 17.8 Å². The summed E-state index contributed by atoms with van der Waals surface area (Å²) in [5, 5.41) is 2.73. The molecule has 7 heteroatoms. The van der Waals surface area contributed by atoms with Crippen molar-refractivity contribution < 1.29 is 28.3 Å². The molecular weight excluding hydrogens is 374 g/mol. The monoisotopic (exact) mass is 399 g/mol. The first kappa shape index (κ1) is 20.6. The van der Waals surface area contributed by atoms with Crippen LogP contribution in [0.5, 0.6) is 0 Å². The second-order valence-electron chi connectivity index (χ2n) is 7.89. The van der Waals surface area contributed by atoms with Crippen molar-refractivity contribution in [2.45, 2.75) is 51.2 Å². The van der Waals surface area contributed by atoms with E-state index in [1.807, 2.05) is 0 Å². The summed E-state index contributed by atoms with van der Waals surface area (Å²) in [5.74, 6) is -1.30. The summed E-state index contributed by atoms with van der Waals surface area (Å²) in [6.07, 6.45) is 0.544. The van der Waals surface area contributed by atoms with Crippen molar-refractivity contribution in [1.29, 1.82) is 0 Å². The number of hydrogen-bond acceptors (Lipinski definition) is 6. The number of alkyl carbamates (subject to hydrolysis) is 1. The predicted molar refractivity (Wildman–Crippen MR) is 105 cm³/mol. The summed E-state index contributed by atoms with van der Waals surface area (Å²) in [6.45, 7) is 7.12. The minimum atomic E-state index is -1.61. The second kappa shape index (κ2) is 7.73. The Morgan fingerprint density at radius 1 is 1.17 bits per heavy atom. The Balaban J connectivity index is 2.12. The predicted octanol–water partition coefficient (Wildman–Crippen LogP) is 3.93. The van der Waals surface area contributed by atoms with E-state index in [0.717, 1.165) is 0 Å². The van der Waals surface area contributed by atoms with Crippen molar-refractivity contribution in [3.63, 3.8) is 0 Å². The summed E-state index contributed by atoms with van der Waals surface area (Å²) < 4.78 is 16.1. The number of esters is 1. The van der Waals surface area contributed by atoms with Crippen LogP contribution in [0, 0.1) is 0 Å². The van der Waals surface area contributed by atoms with Gasteiger partial charge >= 0.3 is 12.1 Å². The maximum Gasteiger partial charge on any atom is 0.408 e. The van der Waals surface area contributed by atoms with E-state index in [1.165, 1.54) is 6.26 Å². The number of furan rings is 1. The van der Waals surface area contributed by atoms with Gasteiger partial charge in [0, 0.05) is 11.5 Å². The molecule has 0 aliphatic heterocycles. The second-order valence-corrected chi connectivity index (χ2v) is 7.89. The normalized spacial score (nSPS) is 20.8. The number of rotatable bonds is 5. The number of Topliss-reactive ketones (excluding diaryl/α,β-unsaturated/α-hetero) is 1. The van der Waals surface area contributed by atoms with Gasteiger partial charge in [-0.2, -0.15) is 0 Å². The van der Waals surface area contributed by atoms with E-state index in [0.29, 0.717) is 11.1 Å². The van der Waals surface area contributed by atoms with Crippen LogP contribution in [-0.4, -0.2) is 30.1 Å². The average Bonchev–Trinajstić information content (AvgIpc) is 3.24. The third-order valence-corrected chi connectivity index (χ3v) is 4.75. The number of nitrogens with one attached hydrogen (secondary N) is 1. The molecule has 2 aromatic rings. The number of hydrogen-bond donors (Lipinski definition) is 1. The van der Waals surface area contributed by atoms with Crippen LogP contribution >= 0.6 is 0 Å². The standard InChI is InChI=1S/C22H25NO6/c1-5-27-18(24)13-16-14-9-6-7-10-15(14)19(25)22(16,17-11-8-12-28-17)23-20(26)29-21(2,3)4/h6-12,16H,5,13H2,1-4H3,(H,23,26)/t16-,22+/m1/s1. The highest BCUT2D eigenvalue weighted by Gasteiger charge is 2.58. The number of ether oxygens (including phenoxy) is 2. The Morgan fingerprint density at radius 2 is 1.90 bits per heavy atom. The minimum Gasteiger partial charge on any atom is -0.466 e. The van der Waals surface area contributed by atoms with Gasteiger partial charge in [-0.15, -0.1) is 0 Å². The lowest BCUT2D eigenvalue weighted by Gasteiger charge is -2.34. The van der Waals surface area contributed by atoms with Gasteiger partial charge in [-0.25, -0.2) is 4.79 Å². The molecule has 1 aliphatic rings. The molecule has 1 aromatic carbocycles. The average molecular weight is 399 g/mol. The Morgan fingerprint density at radius 3 is 2.52 bits per heavy atom. The summed E-state index contributed by atoms with van der Waals surface area (Å²) in [4.78, 5) is 38.7. The molecule has 3 rings (SSSR count). The minimum absolute atomic E-state index is 0.104. The van der Waals surface area contributed by atoms with Gasteiger partial charge in [0.2, 0.25) is 0 Å². The van der Waals surface area contributed by atoms with Gasteiger partial charge in [0.15, 0.2) is 11.3 Å². The molecule has 1 N–H and O–H groups in total. The van der Waals surface area contributed by atoms with Crippen molar-refractivity contribution in [2.75, 3.05) is 6.61 Å². The molecule has 0 spiro atoms. The summed E-state index contributed by atoms with van der Waals surface area (Å²) in [6, 6.07) is 10.2. The molecule has 7 nitrogen and oxygen atoms in total. The van der Waals surface area contributed by atoms with Gasteiger partial charge in [-0.3, -0.25) is 9.59 Å². The first-order valence-electron chi connectivity index (χ1n) is 9.53. The summed E-state index contributed by atoms with van der Waals surface area (Å²) in [7, 11) is 0. The SMILES string of the molecule is CCOC(=O)C[C@@H]1c2ccccc2C(=O)[C@@]1(NC(=O)OC(C)(C)C)c1ccco1. The fourth-order valence-electron chi connectivity index (χ4n) is 3.72. The molecule has 29 heavy (non-hydrogen) atoms. The molecule has 0 saturated heterocycles. The number of ketones is 1. The zero-order chi connectivity index (χ0) is 21.2. The maximum atomic E-state index is 13.6. The molecule has 1 aromatic heterocycles. The van der Waals surface area contributed by atoms with Gasteiger partial charge < -0.3 is 19.2 Å². The quantitative estimate of drug-likeness (QED) is 0.766. The summed E-state index contributed by atoms with van der Waals surface area (Å²) in [5.41, 5.74) is -1.30. The summed E-state index contributed by atoms with van der Waals surface area (Å²) >= 11 is 0. The van der Waals surface area contributed by atoms with Gasteiger partial charge in [0.1, 0.15) is 11.4 Å². The van der Waals surface area contributed by atoms with Crippen molar-refractivity contribution in [1.82, 2.24) is 5.32 Å². The lowest BCUT2D eigenvalue weighted by molar-refractivity contribution is -0.144. The van der Waals surface area contributed by atoms with Gasteiger partial charge in [0.25, 0.3) is 0 Å². The van der Waals surface area contributed by atoms with Crippen LogP contribution in [-0.2, 0) is 19.8 Å². The van der Waals surface area contributed by atoms with Crippen LogP contribution in [0.15, 0.2) is 47.1 Å². The molecule has 0 bridgehead atoms. The third-order valence-electron chi connectivity index (χ3n) is 4.75. The van der Waals surface area contributed by atoms with E-state index in [-0.39, 0.29) is 24.6 Å². The Labute approximate surface area is 169 Å². The van der Waals surface area contributed by atoms with Crippen LogP contribution in [0.1, 0.15) is 61.7 Å². The van der Waals surface area contributed by atoms with Crippen LogP contribution in [0.4, 0.5) is 4.79 Å². The highest BCUT2D eigenvalue weighted by molar-refractivity contribution is 6.10. The Bertz CT molecular complexity index is 912. The molecule has 2 atom stereocenters. The number of carbonyl (C=O) groups excluding carboxylic acids is 3. The van der Waals surface area contributed by atoms with E-state index in [4.69, 9.17) is 13.9 Å². The molecule has 0 saturated carbocycles. The van der Waals surface area contributed by atoms with Crippen LogP contribution < -0.4 is 5.32 Å². The van der Waals surface area contributed by atoms with Gasteiger partial charge in [-0.1, -0.05) is 24.3 Å². The van der Waals surface area contributed by atoms with Crippen LogP contribution in [0.25, 0.3) is 0 Å². The zero-order valence-corrected chi connectivity index (χ0v) is 17.0. The molecule has 0 radical (unpaired) electrons. The zero-order valence-electron chi connectivity index (χ0n) is 17.0. The molecule has 1 aliphatic carbocycles. The van der Waals surface area contributed by atoms with E-state index in [1.54, 1.807) is 64.1 Å². The lowest BCUT2D eigenvalue weighted by Crippen LogP contribution is -2.54. The molecule has 0 fully saturated rings. The Hall–Kier alpha value is -3.09. The fraction of sp³-hybridized carbons (Fsp3) is 0.409. The first-order valence-corrected chi connectivity index (χ1v) is 9.53. The highest BCUT2D eigenvalue weighted by Crippen LogP contribution is 2.49. The molecular formula is C22H25NO6. The smallest absolute Gasteiger partial charge is 0.408 e. The fourth-order valence-corrected chi connectivity index (χ4v) is 3.72. The maximum absolute atomic E-state index is 13.6. The Kier molecular flexibility index (Phi) is 5.50. The number of fused-ring (bicyclic) bond motifs is 1. The first-order chi connectivity index (χ1) is 13.7. The number of benzene rings is 1. The van der Waals surface area contributed by atoms with Crippen molar-refractivity contribution in [3.05, 3.63) is 59.5 Å². The number of amides is 1. The topological polar surface area (TPSA) is 94.8 Å². The molecule has 1 amide bonds. The third kappa shape index (κ3) is 3.90. The number of carbonyl (C=O) groups is 3. The van der Waals surface area contributed by atoms with E-state index >= 15 is 0 Å².